The van der Waals surface area contributed by atoms with Crippen LogP contribution >= 0.6 is 11.6 Å². The Hall–Kier alpha value is -3.65. The van der Waals surface area contributed by atoms with Gasteiger partial charge in [0.2, 0.25) is 6.10 Å². The Balaban J connectivity index is 1.87. The molecule has 0 bridgehead atoms. The van der Waals surface area contributed by atoms with Crippen LogP contribution in [0.1, 0.15) is 22.2 Å². The fraction of sp³-hybridized carbons (Fsp3) is 0.100. The zero-order valence-electron chi connectivity index (χ0n) is 15.2. The number of amides is 1. The molecule has 3 aromatic rings. The van der Waals surface area contributed by atoms with Crippen LogP contribution in [-0.2, 0) is 16.6 Å². The van der Waals surface area contributed by atoms with Crippen LogP contribution in [0, 0.1) is 10.1 Å². The molecule has 0 aliphatic heterocycles. The number of esters is 1. The third kappa shape index (κ3) is 4.61. The first kappa shape index (κ1) is 20.1. The maximum absolute atomic E-state index is 12.9. The van der Waals surface area contributed by atoms with Crippen molar-refractivity contribution in [3.8, 4) is 0 Å². The fourth-order valence-corrected chi connectivity index (χ4v) is 2.87. The lowest BCUT2D eigenvalue weighted by Gasteiger charge is -2.18. The quantitative estimate of drug-likeness (QED) is 0.372. The Morgan fingerprint density at radius 2 is 1.86 bits per heavy atom. The number of hydrogen-bond donors (Lipinski definition) is 1. The predicted molar refractivity (Wildman–Crippen MR) is 107 cm³/mol. The van der Waals surface area contributed by atoms with Crippen molar-refractivity contribution in [2.45, 2.75) is 6.10 Å². The number of carbonyl (C=O) groups is 2. The van der Waals surface area contributed by atoms with E-state index in [9.17, 15) is 19.7 Å². The summed E-state index contributed by atoms with van der Waals surface area (Å²) in [4.78, 5) is 35.8. The number of nitrogens with one attached hydrogen (secondary N) is 1. The molecule has 0 fully saturated rings. The van der Waals surface area contributed by atoms with E-state index in [0.29, 0.717) is 5.56 Å². The van der Waals surface area contributed by atoms with Gasteiger partial charge in [-0.2, -0.15) is 0 Å². The molecule has 1 aromatic heterocycles. The van der Waals surface area contributed by atoms with Gasteiger partial charge in [-0.1, -0.05) is 41.9 Å². The molecular formula is C20H16ClN3O5. The van der Waals surface area contributed by atoms with E-state index in [1.54, 1.807) is 60.3 Å². The van der Waals surface area contributed by atoms with Gasteiger partial charge < -0.3 is 14.6 Å². The molecule has 148 valence electrons. The Kier molecular flexibility index (Phi) is 5.94. The van der Waals surface area contributed by atoms with Crippen molar-refractivity contribution >= 4 is 34.9 Å². The standard InChI is InChI=1S/C20H16ClN3O5/c1-23-11-5-8-16(23)20(26)29-18(13-6-3-2-4-7-13)19(25)22-14-9-10-15(21)17(12-14)24(27)28/h2-12,18H,1H3,(H,22,25)/t18-/m0/s1. The van der Waals surface area contributed by atoms with E-state index in [1.165, 1.54) is 12.1 Å². The third-order valence-corrected chi connectivity index (χ3v) is 4.45. The Morgan fingerprint density at radius 1 is 1.14 bits per heavy atom. The second-order valence-electron chi connectivity index (χ2n) is 6.11. The number of nitro benzene ring substituents is 1. The number of nitrogens with zero attached hydrogens (tertiary/aromatic N) is 2. The van der Waals surface area contributed by atoms with Gasteiger partial charge in [0.1, 0.15) is 10.7 Å². The van der Waals surface area contributed by atoms with Crippen molar-refractivity contribution < 1.29 is 19.2 Å². The van der Waals surface area contributed by atoms with E-state index in [4.69, 9.17) is 16.3 Å². The number of carbonyl (C=O) groups excluding carboxylic acids is 2. The van der Waals surface area contributed by atoms with Gasteiger partial charge in [0.15, 0.2) is 0 Å². The summed E-state index contributed by atoms with van der Waals surface area (Å²) in [5.41, 5.74) is 0.542. The topological polar surface area (TPSA) is 103 Å². The van der Waals surface area contributed by atoms with E-state index < -0.39 is 22.9 Å². The predicted octanol–water partition coefficient (Wildman–Crippen LogP) is 4.12. The molecule has 0 spiro atoms. The second kappa shape index (κ2) is 8.57. The highest BCUT2D eigenvalue weighted by Gasteiger charge is 2.27. The van der Waals surface area contributed by atoms with Crippen LogP contribution in [0.3, 0.4) is 0 Å². The lowest BCUT2D eigenvalue weighted by atomic mass is 10.1. The zero-order valence-corrected chi connectivity index (χ0v) is 16.0. The first-order valence-electron chi connectivity index (χ1n) is 8.49. The highest BCUT2D eigenvalue weighted by Crippen LogP contribution is 2.28. The molecule has 8 nitrogen and oxygen atoms in total. The van der Waals surface area contributed by atoms with Crippen molar-refractivity contribution in [2.24, 2.45) is 7.05 Å². The van der Waals surface area contributed by atoms with E-state index in [1.807, 2.05) is 0 Å². The summed E-state index contributed by atoms with van der Waals surface area (Å²) in [5.74, 6) is -1.33. The van der Waals surface area contributed by atoms with Crippen LogP contribution in [0.5, 0.6) is 0 Å². The van der Waals surface area contributed by atoms with Crippen molar-refractivity contribution in [1.29, 1.82) is 0 Å². The third-order valence-electron chi connectivity index (χ3n) is 4.13. The number of ether oxygens (including phenoxy) is 1. The summed E-state index contributed by atoms with van der Waals surface area (Å²) in [5, 5.41) is 13.5. The molecular weight excluding hydrogens is 398 g/mol. The number of rotatable bonds is 6. The Morgan fingerprint density at radius 3 is 2.48 bits per heavy atom. The van der Waals surface area contributed by atoms with E-state index >= 15 is 0 Å². The largest absolute Gasteiger partial charge is 0.443 e. The molecule has 0 aliphatic carbocycles. The molecule has 3 rings (SSSR count). The van der Waals surface area contributed by atoms with Crippen molar-refractivity contribution in [2.75, 3.05) is 5.32 Å². The van der Waals surface area contributed by atoms with Crippen LogP contribution in [0.2, 0.25) is 5.02 Å². The number of nitro groups is 1. The number of anilines is 1. The first-order chi connectivity index (χ1) is 13.9. The molecule has 9 heteroatoms. The average molecular weight is 414 g/mol. The number of aryl methyl sites for hydroxylation is 1. The minimum Gasteiger partial charge on any atom is -0.443 e. The van der Waals surface area contributed by atoms with Gasteiger partial charge >= 0.3 is 5.97 Å². The van der Waals surface area contributed by atoms with E-state index in [0.717, 1.165) is 6.07 Å². The SMILES string of the molecule is Cn1cccc1C(=O)O[C@H](C(=O)Nc1ccc(Cl)c([N+](=O)[O-])c1)c1ccccc1. The highest BCUT2D eigenvalue weighted by molar-refractivity contribution is 6.32. The van der Waals surface area contributed by atoms with Crippen LogP contribution in [-0.4, -0.2) is 21.4 Å². The maximum atomic E-state index is 12.9. The summed E-state index contributed by atoms with van der Waals surface area (Å²) >= 11 is 5.80. The molecule has 1 heterocycles. The van der Waals surface area contributed by atoms with Gasteiger partial charge in [0.05, 0.1) is 4.92 Å². The molecule has 0 saturated carbocycles. The molecule has 0 aliphatic rings. The maximum Gasteiger partial charge on any atom is 0.356 e. The molecule has 29 heavy (non-hydrogen) atoms. The minimum atomic E-state index is -1.26. The van der Waals surface area contributed by atoms with Crippen molar-refractivity contribution in [1.82, 2.24) is 4.57 Å². The van der Waals surface area contributed by atoms with E-state index in [2.05, 4.69) is 5.32 Å². The smallest absolute Gasteiger partial charge is 0.356 e. The second-order valence-corrected chi connectivity index (χ2v) is 6.52. The van der Waals surface area contributed by atoms with Gasteiger partial charge in [-0.05, 0) is 24.3 Å². The van der Waals surface area contributed by atoms with E-state index in [-0.39, 0.29) is 22.1 Å². The van der Waals surface area contributed by atoms with Crippen LogP contribution < -0.4 is 5.32 Å². The lowest BCUT2D eigenvalue weighted by Crippen LogP contribution is -2.26. The van der Waals surface area contributed by atoms with Gasteiger partial charge in [-0.25, -0.2) is 4.79 Å². The molecule has 2 aromatic carbocycles. The molecule has 1 amide bonds. The summed E-state index contributed by atoms with van der Waals surface area (Å²) in [6, 6.07) is 15.6. The van der Waals surface area contributed by atoms with Gasteiger partial charge in [-0.15, -0.1) is 0 Å². The minimum absolute atomic E-state index is 0.0530. The number of halogens is 1. The molecule has 1 atom stereocenters. The normalized spacial score (nSPS) is 11.5. The lowest BCUT2D eigenvalue weighted by molar-refractivity contribution is -0.384. The Bertz CT molecular complexity index is 1060. The Labute approximate surface area is 170 Å². The number of benzene rings is 2. The first-order valence-corrected chi connectivity index (χ1v) is 8.86. The van der Waals surface area contributed by atoms with Crippen molar-refractivity contribution in [3.05, 3.63) is 93.3 Å². The zero-order chi connectivity index (χ0) is 21.0. The number of aromatic nitrogens is 1. The van der Waals surface area contributed by atoms with Crippen LogP contribution in [0.15, 0.2) is 66.9 Å². The molecule has 0 radical (unpaired) electrons. The van der Waals surface area contributed by atoms with Gasteiger partial charge in [0.25, 0.3) is 11.6 Å². The number of hydrogen-bond acceptors (Lipinski definition) is 5. The van der Waals surface area contributed by atoms with Crippen LogP contribution in [0.25, 0.3) is 0 Å². The summed E-state index contributed by atoms with van der Waals surface area (Å²) in [7, 11) is 1.68. The average Bonchev–Trinajstić information content (AvgIpc) is 3.13. The molecule has 0 unspecified atom stereocenters. The monoisotopic (exact) mass is 413 g/mol. The van der Waals surface area contributed by atoms with Gasteiger partial charge in [-0.3, -0.25) is 14.9 Å². The summed E-state index contributed by atoms with van der Waals surface area (Å²) < 4.78 is 7.04. The molecule has 0 saturated heterocycles. The fourth-order valence-electron chi connectivity index (χ4n) is 2.68. The summed E-state index contributed by atoms with van der Waals surface area (Å²) in [6.07, 6.45) is 0.425. The molecule has 1 N–H and O–H groups in total. The van der Waals surface area contributed by atoms with Crippen LogP contribution in [0.4, 0.5) is 11.4 Å². The van der Waals surface area contributed by atoms with Gasteiger partial charge in [0, 0.05) is 30.6 Å². The van der Waals surface area contributed by atoms with Crippen molar-refractivity contribution in [3.63, 3.8) is 0 Å². The highest BCUT2D eigenvalue weighted by atomic mass is 35.5. The summed E-state index contributed by atoms with van der Waals surface area (Å²) in [6.45, 7) is 0.